The summed E-state index contributed by atoms with van der Waals surface area (Å²) in [5, 5.41) is 10.2. The molecule has 108 valence electrons. The maximum absolute atomic E-state index is 11.8. The number of rotatable bonds is 4. The van der Waals surface area contributed by atoms with Crippen LogP contribution in [0, 0.1) is 0 Å². The zero-order chi connectivity index (χ0) is 14.7. The smallest absolute Gasteiger partial charge is 0.319 e. The Morgan fingerprint density at radius 3 is 2.95 bits per heavy atom. The van der Waals surface area contributed by atoms with Crippen molar-refractivity contribution in [2.75, 3.05) is 11.9 Å². The Morgan fingerprint density at radius 1 is 1.24 bits per heavy atom. The number of hydrogen-bond acceptors (Lipinski definition) is 2. The van der Waals surface area contributed by atoms with Crippen molar-refractivity contribution in [3.8, 4) is 0 Å². The summed E-state index contributed by atoms with van der Waals surface area (Å²) in [7, 11) is 0. The van der Waals surface area contributed by atoms with Gasteiger partial charge in [-0.2, -0.15) is 5.10 Å². The summed E-state index contributed by atoms with van der Waals surface area (Å²) in [6, 6.07) is 8.76. The van der Waals surface area contributed by atoms with E-state index in [0.717, 1.165) is 5.65 Å². The number of imidazole rings is 1. The molecular formula is C14H14ClN5O. The van der Waals surface area contributed by atoms with E-state index in [4.69, 9.17) is 11.6 Å². The van der Waals surface area contributed by atoms with Gasteiger partial charge in [0.15, 0.2) is 0 Å². The van der Waals surface area contributed by atoms with Crippen LogP contribution >= 0.6 is 11.6 Å². The third-order valence-corrected chi connectivity index (χ3v) is 3.42. The number of nitrogens with one attached hydrogen (secondary N) is 2. The Balaban J connectivity index is 1.52. The third-order valence-electron chi connectivity index (χ3n) is 3.09. The lowest BCUT2D eigenvalue weighted by Crippen LogP contribution is -2.31. The predicted molar refractivity (Wildman–Crippen MR) is 81.7 cm³/mol. The molecule has 6 nitrogen and oxygen atoms in total. The zero-order valence-electron chi connectivity index (χ0n) is 11.2. The summed E-state index contributed by atoms with van der Waals surface area (Å²) >= 11 is 5.98. The molecule has 0 bridgehead atoms. The minimum absolute atomic E-state index is 0.278. The van der Waals surface area contributed by atoms with Crippen molar-refractivity contribution in [2.24, 2.45) is 0 Å². The number of para-hydroxylation sites is 1. The van der Waals surface area contributed by atoms with E-state index in [0.29, 0.717) is 23.8 Å². The second-order valence-electron chi connectivity index (χ2n) is 4.49. The first-order valence-electron chi connectivity index (χ1n) is 6.52. The Hall–Kier alpha value is -2.47. The molecule has 2 N–H and O–H groups in total. The van der Waals surface area contributed by atoms with Gasteiger partial charge in [0, 0.05) is 31.5 Å². The van der Waals surface area contributed by atoms with Gasteiger partial charge in [-0.05, 0) is 12.1 Å². The number of hydrogen-bond donors (Lipinski definition) is 2. The summed E-state index contributed by atoms with van der Waals surface area (Å²) in [4.78, 5) is 11.8. The van der Waals surface area contributed by atoms with Gasteiger partial charge in [-0.1, -0.05) is 23.7 Å². The first-order valence-corrected chi connectivity index (χ1v) is 6.90. The molecule has 0 radical (unpaired) electrons. The fourth-order valence-corrected chi connectivity index (χ4v) is 2.26. The third kappa shape index (κ3) is 3.00. The highest BCUT2D eigenvalue weighted by Crippen LogP contribution is 2.19. The van der Waals surface area contributed by atoms with E-state index in [1.165, 1.54) is 0 Å². The Labute approximate surface area is 126 Å². The summed E-state index contributed by atoms with van der Waals surface area (Å²) in [5.41, 5.74) is 1.58. The van der Waals surface area contributed by atoms with Crippen LogP contribution < -0.4 is 10.6 Å². The van der Waals surface area contributed by atoms with Gasteiger partial charge in [-0.25, -0.2) is 9.31 Å². The van der Waals surface area contributed by atoms with Crippen molar-refractivity contribution in [3.63, 3.8) is 0 Å². The number of carbonyl (C=O) groups excluding carboxylic acids is 1. The molecule has 0 aliphatic heterocycles. The fraction of sp³-hybridized carbons (Fsp3) is 0.143. The van der Waals surface area contributed by atoms with Gasteiger partial charge in [-0.3, -0.25) is 0 Å². The molecule has 2 aromatic heterocycles. The first-order chi connectivity index (χ1) is 10.2. The number of fused-ring (bicyclic) bond motifs is 1. The summed E-state index contributed by atoms with van der Waals surface area (Å²) < 4.78 is 3.80. The number of urea groups is 1. The molecule has 1 aromatic carbocycles. The molecule has 0 unspecified atom stereocenters. The van der Waals surface area contributed by atoms with E-state index in [1.807, 2.05) is 35.2 Å². The number of aromatic nitrogens is 3. The number of benzene rings is 1. The van der Waals surface area contributed by atoms with E-state index in [-0.39, 0.29) is 6.03 Å². The van der Waals surface area contributed by atoms with Crippen molar-refractivity contribution in [2.45, 2.75) is 6.54 Å². The Morgan fingerprint density at radius 2 is 2.10 bits per heavy atom. The van der Waals surface area contributed by atoms with Crippen LogP contribution in [0.15, 0.2) is 48.9 Å². The van der Waals surface area contributed by atoms with Crippen molar-refractivity contribution >= 4 is 29.0 Å². The average Bonchev–Trinajstić information content (AvgIpc) is 3.06. The quantitative estimate of drug-likeness (QED) is 0.778. The van der Waals surface area contributed by atoms with Crippen LogP contribution in [0.4, 0.5) is 10.5 Å². The standard InChI is InChI=1S/C14H14ClN5O/c15-11-3-1-2-4-12(11)18-14(21)16-7-8-19-9-10-20-13(19)5-6-17-20/h1-6,9-10H,7-8H2,(H2,16,18,21). The zero-order valence-corrected chi connectivity index (χ0v) is 11.9. The molecular weight excluding hydrogens is 290 g/mol. The normalized spacial score (nSPS) is 10.7. The van der Waals surface area contributed by atoms with Crippen molar-refractivity contribution < 1.29 is 4.79 Å². The van der Waals surface area contributed by atoms with Crippen molar-refractivity contribution in [1.82, 2.24) is 19.5 Å². The van der Waals surface area contributed by atoms with E-state index >= 15 is 0 Å². The largest absolute Gasteiger partial charge is 0.336 e. The van der Waals surface area contributed by atoms with E-state index in [9.17, 15) is 4.79 Å². The lowest BCUT2D eigenvalue weighted by molar-refractivity contribution is 0.251. The highest BCUT2D eigenvalue weighted by Gasteiger charge is 2.05. The molecule has 7 heteroatoms. The maximum Gasteiger partial charge on any atom is 0.319 e. The molecule has 0 aliphatic rings. The van der Waals surface area contributed by atoms with Crippen molar-refractivity contribution in [1.29, 1.82) is 0 Å². The summed E-state index contributed by atoms with van der Waals surface area (Å²) in [5.74, 6) is 0. The molecule has 2 heterocycles. The predicted octanol–water partition coefficient (Wildman–Crippen LogP) is 2.61. The van der Waals surface area contributed by atoms with Crippen LogP contribution in [-0.4, -0.2) is 26.8 Å². The molecule has 0 fully saturated rings. The van der Waals surface area contributed by atoms with Gasteiger partial charge in [0.05, 0.1) is 16.9 Å². The van der Waals surface area contributed by atoms with Crippen LogP contribution in [0.25, 0.3) is 5.65 Å². The highest BCUT2D eigenvalue weighted by molar-refractivity contribution is 6.33. The highest BCUT2D eigenvalue weighted by atomic mass is 35.5. The van der Waals surface area contributed by atoms with Crippen LogP contribution in [0.2, 0.25) is 5.02 Å². The van der Waals surface area contributed by atoms with Gasteiger partial charge < -0.3 is 15.2 Å². The van der Waals surface area contributed by atoms with Crippen LogP contribution in [0.1, 0.15) is 0 Å². The topological polar surface area (TPSA) is 63.4 Å². The molecule has 0 spiro atoms. The van der Waals surface area contributed by atoms with Gasteiger partial charge in [0.25, 0.3) is 0 Å². The van der Waals surface area contributed by atoms with E-state index in [2.05, 4.69) is 15.7 Å². The van der Waals surface area contributed by atoms with E-state index < -0.39 is 0 Å². The fourth-order valence-electron chi connectivity index (χ4n) is 2.08. The van der Waals surface area contributed by atoms with Crippen LogP contribution in [0.5, 0.6) is 0 Å². The second kappa shape index (κ2) is 5.88. The van der Waals surface area contributed by atoms with E-state index in [1.54, 1.807) is 22.8 Å². The number of amides is 2. The van der Waals surface area contributed by atoms with Crippen LogP contribution in [0.3, 0.4) is 0 Å². The number of halogens is 1. The molecule has 2 amide bonds. The van der Waals surface area contributed by atoms with Gasteiger partial charge in [0.2, 0.25) is 0 Å². The molecule has 0 saturated heterocycles. The van der Waals surface area contributed by atoms with Gasteiger partial charge in [0.1, 0.15) is 5.65 Å². The molecule has 21 heavy (non-hydrogen) atoms. The second-order valence-corrected chi connectivity index (χ2v) is 4.89. The summed E-state index contributed by atoms with van der Waals surface area (Å²) in [6.07, 6.45) is 5.54. The first kappa shape index (κ1) is 13.5. The van der Waals surface area contributed by atoms with Gasteiger partial charge in [-0.15, -0.1) is 0 Å². The average molecular weight is 304 g/mol. The van der Waals surface area contributed by atoms with Gasteiger partial charge >= 0.3 is 6.03 Å². The monoisotopic (exact) mass is 303 g/mol. The minimum Gasteiger partial charge on any atom is -0.336 e. The van der Waals surface area contributed by atoms with Crippen LogP contribution in [-0.2, 0) is 6.54 Å². The minimum atomic E-state index is -0.278. The number of anilines is 1. The molecule has 3 rings (SSSR count). The molecule has 3 aromatic rings. The van der Waals surface area contributed by atoms with Crippen molar-refractivity contribution in [3.05, 3.63) is 53.9 Å². The maximum atomic E-state index is 11.8. The molecule has 0 atom stereocenters. The SMILES string of the molecule is O=C(NCCn1ccn2nccc12)Nc1ccccc1Cl. The summed E-state index contributed by atoms with van der Waals surface area (Å²) in [6.45, 7) is 1.17. The number of nitrogens with zero attached hydrogens (tertiary/aromatic N) is 3. The number of carbonyl (C=O) groups is 1. The molecule has 0 aliphatic carbocycles. The lowest BCUT2D eigenvalue weighted by Gasteiger charge is -2.09. The molecule has 0 saturated carbocycles. The lowest BCUT2D eigenvalue weighted by atomic mass is 10.3. The Bertz CT molecular complexity index is 763. The Kier molecular flexibility index (Phi) is 3.79.